The van der Waals surface area contributed by atoms with Crippen LogP contribution in [-0.4, -0.2) is 26.3 Å². The molecule has 4 bridgehead atoms. The third-order valence-corrected chi connectivity index (χ3v) is 8.58. The highest BCUT2D eigenvalue weighted by Gasteiger charge is 2.53. The summed E-state index contributed by atoms with van der Waals surface area (Å²) >= 11 is 0. The summed E-state index contributed by atoms with van der Waals surface area (Å²) in [4.78, 5) is 26.1. The molecule has 1 N–H and O–H groups in total. The first-order valence-electron chi connectivity index (χ1n) is 11.7. The average Bonchev–Trinajstić information content (AvgIpc) is 3.02. The van der Waals surface area contributed by atoms with E-state index in [1.807, 2.05) is 35.9 Å². The third-order valence-electron chi connectivity index (χ3n) is 8.58. The van der Waals surface area contributed by atoms with Crippen LogP contribution in [0.2, 0.25) is 0 Å². The second-order valence-corrected chi connectivity index (χ2v) is 10.5. The largest absolute Gasteiger partial charge is 0.351 e. The fourth-order valence-corrected chi connectivity index (χ4v) is 7.51. The fraction of sp³-hybridized carbons (Fsp3) is 0.560. The summed E-state index contributed by atoms with van der Waals surface area (Å²) < 4.78 is 3.21. The van der Waals surface area contributed by atoms with Crippen LogP contribution < -0.4 is 10.9 Å². The molecule has 1 aromatic carbocycles. The Labute approximate surface area is 181 Å². The van der Waals surface area contributed by atoms with Crippen molar-refractivity contribution in [3.63, 3.8) is 0 Å². The van der Waals surface area contributed by atoms with Crippen molar-refractivity contribution in [1.82, 2.24) is 19.7 Å². The molecule has 2 heterocycles. The Kier molecular flexibility index (Phi) is 4.11. The second-order valence-electron chi connectivity index (χ2n) is 10.5. The number of carbonyl (C=O) groups is 1. The summed E-state index contributed by atoms with van der Waals surface area (Å²) in [6, 6.07) is 8.08. The van der Waals surface area contributed by atoms with Gasteiger partial charge in [0, 0.05) is 29.4 Å². The molecule has 0 radical (unpaired) electrons. The summed E-state index contributed by atoms with van der Waals surface area (Å²) in [6.45, 7) is 2.14. The minimum atomic E-state index is -0.214. The van der Waals surface area contributed by atoms with Crippen LogP contribution in [0.4, 0.5) is 0 Å². The number of hydrogen-bond donors (Lipinski definition) is 1. The first-order valence-corrected chi connectivity index (χ1v) is 11.7. The van der Waals surface area contributed by atoms with Crippen LogP contribution in [0, 0.1) is 23.2 Å². The van der Waals surface area contributed by atoms with Crippen LogP contribution in [0.15, 0.2) is 35.3 Å². The maximum absolute atomic E-state index is 13.2. The van der Waals surface area contributed by atoms with Crippen molar-refractivity contribution in [3.8, 4) is 0 Å². The summed E-state index contributed by atoms with van der Waals surface area (Å²) in [5.74, 6) is 2.44. The molecule has 31 heavy (non-hydrogen) atoms. The number of hydrogen-bond acceptors (Lipinski definition) is 3. The maximum atomic E-state index is 13.2. The van der Waals surface area contributed by atoms with Crippen molar-refractivity contribution in [2.24, 2.45) is 30.2 Å². The predicted octanol–water partition coefficient (Wildman–Crippen LogP) is 3.61. The van der Waals surface area contributed by atoms with Crippen molar-refractivity contribution in [1.29, 1.82) is 0 Å². The molecule has 4 fully saturated rings. The summed E-state index contributed by atoms with van der Waals surface area (Å²) in [6.07, 6.45) is 9.65. The molecule has 2 aromatic heterocycles. The highest BCUT2D eigenvalue weighted by atomic mass is 16.2. The van der Waals surface area contributed by atoms with Gasteiger partial charge in [0.25, 0.3) is 5.56 Å². The molecule has 1 atom stereocenters. The van der Waals surface area contributed by atoms with Gasteiger partial charge in [-0.1, -0.05) is 18.2 Å². The number of fused-ring (bicyclic) bond motifs is 3. The Morgan fingerprint density at radius 3 is 2.45 bits per heavy atom. The van der Waals surface area contributed by atoms with E-state index >= 15 is 0 Å². The van der Waals surface area contributed by atoms with Crippen LogP contribution in [0.25, 0.3) is 21.8 Å². The molecule has 0 unspecified atom stereocenters. The van der Waals surface area contributed by atoms with E-state index in [9.17, 15) is 9.59 Å². The minimum absolute atomic E-state index is 0.0347. The lowest BCUT2D eigenvalue weighted by Gasteiger charge is -2.59. The van der Waals surface area contributed by atoms with E-state index in [0.29, 0.717) is 5.52 Å². The Bertz CT molecular complexity index is 1220. The number of benzene rings is 1. The van der Waals surface area contributed by atoms with Crippen LogP contribution in [0.1, 0.15) is 45.4 Å². The van der Waals surface area contributed by atoms with Gasteiger partial charge in [0.15, 0.2) is 0 Å². The third kappa shape index (κ3) is 2.87. The highest BCUT2D eigenvalue weighted by molar-refractivity contribution is 6.07. The number of para-hydroxylation sites is 1. The molecule has 6 heteroatoms. The van der Waals surface area contributed by atoms with Gasteiger partial charge in [-0.2, -0.15) is 5.10 Å². The number of amides is 1. The lowest BCUT2D eigenvalue weighted by atomic mass is 9.48. The Balaban J connectivity index is 1.25. The van der Waals surface area contributed by atoms with E-state index in [1.54, 1.807) is 6.20 Å². The number of nitrogens with one attached hydrogen (secondary N) is 1. The molecule has 162 valence electrons. The number of rotatable bonds is 4. The Morgan fingerprint density at radius 1 is 1.13 bits per heavy atom. The zero-order chi connectivity index (χ0) is 21.3. The van der Waals surface area contributed by atoms with Gasteiger partial charge in [-0.3, -0.25) is 9.59 Å². The first-order chi connectivity index (χ1) is 14.9. The van der Waals surface area contributed by atoms with Crippen molar-refractivity contribution in [2.75, 3.05) is 0 Å². The van der Waals surface area contributed by atoms with Gasteiger partial charge in [-0.15, -0.1) is 0 Å². The Morgan fingerprint density at radius 2 is 1.77 bits per heavy atom. The van der Waals surface area contributed by atoms with Crippen LogP contribution in [0.5, 0.6) is 0 Å². The number of nitrogens with zero attached hydrogens (tertiary/aromatic N) is 3. The van der Waals surface area contributed by atoms with Crippen molar-refractivity contribution < 1.29 is 4.79 Å². The Hall–Kier alpha value is -2.63. The molecule has 4 aliphatic rings. The maximum Gasteiger partial charge on any atom is 0.291 e. The second kappa shape index (κ2) is 6.68. The summed E-state index contributed by atoms with van der Waals surface area (Å²) in [5.41, 5.74) is 1.63. The van der Waals surface area contributed by atoms with Crippen molar-refractivity contribution in [2.45, 2.75) is 58.0 Å². The molecule has 6 nitrogen and oxygen atoms in total. The molecule has 4 aliphatic carbocycles. The minimum Gasteiger partial charge on any atom is -0.351 e. The summed E-state index contributed by atoms with van der Waals surface area (Å²) in [7, 11) is 1.89. The number of aromatic nitrogens is 3. The van der Waals surface area contributed by atoms with E-state index in [2.05, 4.69) is 17.3 Å². The lowest BCUT2D eigenvalue weighted by molar-refractivity contribution is -0.126. The normalized spacial score (nSPS) is 30.2. The number of aryl methyl sites for hydroxylation is 1. The molecule has 1 amide bonds. The van der Waals surface area contributed by atoms with E-state index in [4.69, 9.17) is 0 Å². The van der Waals surface area contributed by atoms with Crippen LogP contribution in [-0.2, 0) is 18.4 Å². The summed E-state index contributed by atoms with van der Waals surface area (Å²) in [5, 5.41) is 9.44. The first kappa shape index (κ1) is 19.1. The molecule has 0 spiro atoms. The quantitative estimate of drug-likeness (QED) is 0.704. The topological polar surface area (TPSA) is 68.9 Å². The molecule has 3 aromatic rings. The van der Waals surface area contributed by atoms with Gasteiger partial charge in [-0.05, 0) is 74.7 Å². The molecular formula is C25H30N4O2. The van der Waals surface area contributed by atoms with Crippen LogP contribution in [0.3, 0.4) is 0 Å². The molecule has 0 saturated heterocycles. The van der Waals surface area contributed by atoms with Gasteiger partial charge in [0.2, 0.25) is 5.91 Å². The molecule has 0 aliphatic heterocycles. The van der Waals surface area contributed by atoms with Gasteiger partial charge in [0.05, 0.1) is 6.20 Å². The monoisotopic (exact) mass is 418 g/mol. The molecular weight excluding hydrogens is 388 g/mol. The van der Waals surface area contributed by atoms with Gasteiger partial charge < -0.3 is 9.88 Å². The van der Waals surface area contributed by atoms with E-state index in [0.717, 1.165) is 34.0 Å². The van der Waals surface area contributed by atoms with Gasteiger partial charge in [0.1, 0.15) is 12.1 Å². The standard InChI is InChI=1S/C25H30N4O2/c1-15(25-10-16-7-17(11-25)9-18(8-16)12-25)27-22(30)14-29-24(31)23-20(13-26-29)19-5-3-4-6-21(19)28(23)2/h3-6,13,15-18H,7-12,14H2,1-2H3,(H,27,30)/t15-,16?,17?,18?,25?/m1/s1. The van der Waals surface area contributed by atoms with Crippen molar-refractivity contribution in [3.05, 3.63) is 40.8 Å². The van der Waals surface area contributed by atoms with Gasteiger partial charge >= 0.3 is 0 Å². The van der Waals surface area contributed by atoms with Crippen molar-refractivity contribution >= 4 is 27.7 Å². The predicted molar refractivity (Wildman–Crippen MR) is 121 cm³/mol. The zero-order valence-electron chi connectivity index (χ0n) is 18.3. The highest BCUT2D eigenvalue weighted by Crippen LogP contribution is 2.61. The molecule has 7 rings (SSSR count). The SMILES string of the molecule is C[C@@H](NC(=O)Cn1ncc2c3ccccc3n(C)c2c1=O)C12CC3CC(CC(C3)C1)C2. The zero-order valence-corrected chi connectivity index (χ0v) is 18.3. The smallest absolute Gasteiger partial charge is 0.291 e. The van der Waals surface area contributed by atoms with E-state index in [-0.39, 0.29) is 29.5 Å². The lowest BCUT2D eigenvalue weighted by Crippen LogP contribution is -2.56. The fourth-order valence-electron chi connectivity index (χ4n) is 7.51. The van der Waals surface area contributed by atoms with E-state index in [1.165, 1.54) is 43.2 Å². The molecule has 4 saturated carbocycles. The van der Waals surface area contributed by atoms with E-state index < -0.39 is 0 Å². The van der Waals surface area contributed by atoms with Crippen LogP contribution >= 0.6 is 0 Å². The average molecular weight is 419 g/mol. The van der Waals surface area contributed by atoms with Gasteiger partial charge in [-0.25, -0.2) is 4.68 Å². The number of carbonyl (C=O) groups excluding carboxylic acids is 1.